The molecule has 1 unspecified atom stereocenters. The molecule has 21 heavy (non-hydrogen) atoms. The summed E-state index contributed by atoms with van der Waals surface area (Å²) in [4.78, 5) is 12.7. The normalized spacial score (nSPS) is 12.0. The number of fused-ring (bicyclic) bond motifs is 1. The van der Waals surface area contributed by atoms with Gasteiger partial charge in [-0.2, -0.15) is 10.4 Å². The number of halogens is 1. The van der Waals surface area contributed by atoms with Crippen molar-refractivity contribution in [2.45, 2.75) is 5.92 Å². The number of hydrogen-bond donors (Lipinski definition) is 0. The zero-order valence-electron chi connectivity index (χ0n) is 10.9. The highest BCUT2D eigenvalue weighted by Crippen LogP contribution is 2.25. The zero-order valence-corrected chi connectivity index (χ0v) is 12.5. The average Bonchev–Trinajstić information content (AvgIpc) is 2.92. The Balaban J connectivity index is 2.06. The van der Waals surface area contributed by atoms with Crippen molar-refractivity contribution >= 4 is 27.2 Å². The summed E-state index contributed by atoms with van der Waals surface area (Å²) in [6, 6.07) is 14.8. The van der Waals surface area contributed by atoms with Crippen LogP contribution in [-0.2, 0) is 0 Å². The standard InChI is InChI=1S/C16H10BrN3O/c17-12-5-3-4-11(8-12)13(9-18)16(21)14-10-19-20-7-2-1-6-15(14)20/h1-8,10,13H. The van der Waals surface area contributed by atoms with Crippen LogP contribution in [-0.4, -0.2) is 15.4 Å². The van der Waals surface area contributed by atoms with Gasteiger partial charge in [-0.05, 0) is 29.8 Å². The molecule has 2 aromatic heterocycles. The molecule has 0 radical (unpaired) electrons. The van der Waals surface area contributed by atoms with E-state index in [-0.39, 0.29) is 5.78 Å². The molecule has 0 fully saturated rings. The van der Waals surface area contributed by atoms with Crippen LogP contribution in [0, 0.1) is 11.3 Å². The van der Waals surface area contributed by atoms with Gasteiger partial charge < -0.3 is 0 Å². The van der Waals surface area contributed by atoms with Gasteiger partial charge >= 0.3 is 0 Å². The molecule has 0 aliphatic rings. The maximum absolute atomic E-state index is 12.7. The van der Waals surface area contributed by atoms with Crippen molar-refractivity contribution in [2.75, 3.05) is 0 Å². The van der Waals surface area contributed by atoms with Gasteiger partial charge in [-0.25, -0.2) is 4.52 Å². The van der Waals surface area contributed by atoms with E-state index in [1.807, 2.05) is 30.3 Å². The summed E-state index contributed by atoms with van der Waals surface area (Å²) in [5.41, 5.74) is 1.84. The van der Waals surface area contributed by atoms with Crippen LogP contribution in [0.25, 0.3) is 5.52 Å². The molecule has 2 heterocycles. The van der Waals surface area contributed by atoms with Crippen molar-refractivity contribution in [3.05, 3.63) is 70.5 Å². The first-order valence-electron chi connectivity index (χ1n) is 6.32. The summed E-state index contributed by atoms with van der Waals surface area (Å²) in [7, 11) is 0. The zero-order chi connectivity index (χ0) is 14.8. The van der Waals surface area contributed by atoms with Crippen LogP contribution >= 0.6 is 15.9 Å². The number of carbonyl (C=O) groups excluding carboxylic acids is 1. The number of nitrogens with zero attached hydrogens (tertiary/aromatic N) is 3. The Labute approximate surface area is 129 Å². The molecule has 3 aromatic rings. The third-order valence-electron chi connectivity index (χ3n) is 3.27. The number of aromatic nitrogens is 2. The van der Waals surface area contributed by atoms with Gasteiger partial charge in [0.05, 0.1) is 23.3 Å². The van der Waals surface area contributed by atoms with Crippen LogP contribution in [0.5, 0.6) is 0 Å². The number of hydrogen-bond acceptors (Lipinski definition) is 3. The fourth-order valence-electron chi connectivity index (χ4n) is 2.25. The summed E-state index contributed by atoms with van der Waals surface area (Å²) < 4.78 is 2.47. The molecule has 1 atom stereocenters. The van der Waals surface area contributed by atoms with Crippen molar-refractivity contribution in [1.29, 1.82) is 5.26 Å². The minimum absolute atomic E-state index is 0.239. The van der Waals surface area contributed by atoms with Gasteiger partial charge in [-0.3, -0.25) is 4.79 Å². The lowest BCUT2D eigenvalue weighted by atomic mass is 9.92. The van der Waals surface area contributed by atoms with Gasteiger partial charge in [0.25, 0.3) is 0 Å². The average molecular weight is 340 g/mol. The number of rotatable bonds is 3. The van der Waals surface area contributed by atoms with Crippen LogP contribution in [0.2, 0.25) is 0 Å². The molecule has 0 spiro atoms. The predicted octanol–water partition coefficient (Wildman–Crippen LogP) is 3.59. The van der Waals surface area contributed by atoms with Gasteiger partial charge in [0, 0.05) is 10.7 Å². The number of ketones is 1. The summed E-state index contributed by atoms with van der Waals surface area (Å²) in [5.74, 6) is -1.08. The Morgan fingerprint density at radius 1 is 1.29 bits per heavy atom. The van der Waals surface area contributed by atoms with Gasteiger partial charge in [0.1, 0.15) is 5.92 Å². The molecule has 0 amide bonds. The van der Waals surface area contributed by atoms with Gasteiger partial charge in [-0.1, -0.05) is 34.1 Å². The second-order valence-corrected chi connectivity index (χ2v) is 5.49. The number of nitriles is 1. The van der Waals surface area contributed by atoms with E-state index in [1.165, 1.54) is 6.20 Å². The third kappa shape index (κ3) is 2.46. The minimum Gasteiger partial charge on any atom is -0.292 e. The maximum Gasteiger partial charge on any atom is 0.188 e. The lowest BCUT2D eigenvalue weighted by molar-refractivity contribution is 0.0980. The number of pyridine rings is 1. The fourth-order valence-corrected chi connectivity index (χ4v) is 2.67. The first kappa shape index (κ1) is 13.5. The third-order valence-corrected chi connectivity index (χ3v) is 3.76. The second kappa shape index (κ2) is 5.51. The van der Waals surface area contributed by atoms with Crippen LogP contribution in [0.3, 0.4) is 0 Å². The lowest BCUT2D eigenvalue weighted by Crippen LogP contribution is -2.11. The Bertz CT molecular complexity index is 863. The first-order chi connectivity index (χ1) is 10.2. The molecule has 3 rings (SSSR count). The second-order valence-electron chi connectivity index (χ2n) is 4.57. The summed E-state index contributed by atoms with van der Waals surface area (Å²) in [5, 5.41) is 13.5. The number of carbonyl (C=O) groups is 1. The molecule has 0 aliphatic carbocycles. The van der Waals surface area contributed by atoms with E-state index in [2.05, 4.69) is 27.1 Å². The minimum atomic E-state index is -0.837. The maximum atomic E-state index is 12.7. The van der Waals surface area contributed by atoms with E-state index in [9.17, 15) is 10.1 Å². The summed E-state index contributed by atoms with van der Waals surface area (Å²) in [6.07, 6.45) is 3.28. The van der Waals surface area contributed by atoms with Crippen LogP contribution in [0.15, 0.2) is 59.3 Å². The van der Waals surface area contributed by atoms with Crippen molar-refractivity contribution in [1.82, 2.24) is 9.61 Å². The Hall–Kier alpha value is -2.45. The SMILES string of the molecule is N#CC(C(=O)c1cnn2ccccc12)c1cccc(Br)c1. The van der Waals surface area contributed by atoms with E-state index in [1.54, 1.807) is 22.8 Å². The van der Waals surface area contributed by atoms with Gasteiger partial charge in [0.15, 0.2) is 5.78 Å². The van der Waals surface area contributed by atoms with Crippen molar-refractivity contribution in [2.24, 2.45) is 0 Å². The monoisotopic (exact) mass is 339 g/mol. The first-order valence-corrected chi connectivity index (χ1v) is 7.11. The van der Waals surface area contributed by atoms with E-state index >= 15 is 0 Å². The molecule has 1 aromatic carbocycles. The molecule has 102 valence electrons. The van der Waals surface area contributed by atoms with Crippen LogP contribution in [0.1, 0.15) is 21.8 Å². The Kier molecular flexibility index (Phi) is 3.55. The summed E-state index contributed by atoms with van der Waals surface area (Å²) >= 11 is 3.36. The smallest absolute Gasteiger partial charge is 0.188 e. The van der Waals surface area contributed by atoms with Gasteiger partial charge in [0.2, 0.25) is 0 Å². The molecular formula is C16H10BrN3O. The molecular weight excluding hydrogens is 330 g/mol. The van der Waals surface area contributed by atoms with Gasteiger partial charge in [-0.15, -0.1) is 0 Å². The highest BCUT2D eigenvalue weighted by Gasteiger charge is 2.24. The number of Topliss-reactive ketones (excluding diaryl/α,β-unsaturated/α-hetero) is 1. The lowest BCUT2D eigenvalue weighted by Gasteiger charge is -2.08. The van der Waals surface area contributed by atoms with E-state index in [0.717, 1.165) is 4.47 Å². The molecule has 0 bridgehead atoms. The van der Waals surface area contributed by atoms with Crippen LogP contribution in [0.4, 0.5) is 0 Å². The Morgan fingerprint density at radius 3 is 2.90 bits per heavy atom. The highest BCUT2D eigenvalue weighted by atomic mass is 79.9. The molecule has 0 aliphatic heterocycles. The fraction of sp³-hybridized carbons (Fsp3) is 0.0625. The largest absolute Gasteiger partial charge is 0.292 e. The van der Waals surface area contributed by atoms with Crippen LogP contribution < -0.4 is 0 Å². The number of benzene rings is 1. The van der Waals surface area contributed by atoms with Crippen molar-refractivity contribution in [3.8, 4) is 6.07 Å². The van der Waals surface area contributed by atoms with E-state index in [4.69, 9.17) is 0 Å². The summed E-state index contributed by atoms with van der Waals surface area (Å²) in [6.45, 7) is 0. The van der Waals surface area contributed by atoms with Crippen molar-refractivity contribution in [3.63, 3.8) is 0 Å². The quantitative estimate of drug-likeness (QED) is 0.685. The molecule has 4 nitrogen and oxygen atoms in total. The highest BCUT2D eigenvalue weighted by molar-refractivity contribution is 9.10. The Morgan fingerprint density at radius 2 is 2.14 bits per heavy atom. The van der Waals surface area contributed by atoms with E-state index < -0.39 is 5.92 Å². The predicted molar refractivity (Wildman–Crippen MR) is 82.0 cm³/mol. The van der Waals surface area contributed by atoms with Crippen molar-refractivity contribution < 1.29 is 4.79 Å². The topological polar surface area (TPSA) is 58.2 Å². The van der Waals surface area contributed by atoms with E-state index in [0.29, 0.717) is 16.6 Å². The molecule has 5 heteroatoms. The molecule has 0 saturated carbocycles. The molecule has 0 saturated heterocycles. The molecule has 0 N–H and O–H groups in total.